The number of rotatable bonds is 4. The molecule has 20 heavy (non-hydrogen) atoms. The fourth-order valence-corrected chi connectivity index (χ4v) is 2.84. The van der Waals surface area contributed by atoms with Crippen LogP contribution in [0.3, 0.4) is 0 Å². The number of hydrogen-bond donors (Lipinski definition) is 1. The summed E-state index contributed by atoms with van der Waals surface area (Å²) < 4.78 is 6.89. The lowest BCUT2D eigenvalue weighted by atomic mass is 9.94. The molecule has 1 fully saturated rings. The minimum absolute atomic E-state index is 0.568. The van der Waals surface area contributed by atoms with Crippen molar-refractivity contribution in [1.29, 1.82) is 0 Å². The van der Waals surface area contributed by atoms with Crippen molar-refractivity contribution in [3.63, 3.8) is 0 Å². The third kappa shape index (κ3) is 3.88. The molecule has 2 rings (SSSR count). The normalized spacial score (nSPS) is 16.2. The Hall–Kier alpha value is -1.23. The molecular formula is C15H20BrNO3. The zero-order valence-corrected chi connectivity index (χ0v) is 13.2. The van der Waals surface area contributed by atoms with Crippen LogP contribution < -0.4 is 4.74 Å². The second-order valence-electron chi connectivity index (χ2n) is 5.21. The predicted molar refractivity (Wildman–Crippen MR) is 81.3 cm³/mol. The number of halogens is 1. The molecule has 0 radical (unpaired) electrons. The highest BCUT2D eigenvalue weighted by Gasteiger charge is 2.22. The Morgan fingerprint density at radius 1 is 1.45 bits per heavy atom. The molecule has 4 nitrogen and oxygen atoms in total. The van der Waals surface area contributed by atoms with Crippen LogP contribution in [0.4, 0.5) is 4.79 Å². The Kier molecular flexibility index (Phi) is 5.29. The molecule has 1 aromatic rings. The molecule has 1 heterocycles. The van der Waals surface area contributed by atoms with Gasteiger partial charge < -0.3 is 14.7 Å². The van der Waals surface area contributed by atoms with Crippen molar-refractivity contribution in [1.82, 2.24) is 4.90 Å². The molecule has 1 aliphatic rings. The van der Waals surface area contributed by atoms with Crippen molar-refractivity contribution in [2.45, 2.75) is 26.2 Å². The average molecular weight is 342 g/mol. The number of amides is 1. The monoisotopic (exact) mass is 341 g/mol. The number of likely N-dealkylation sites (tertiary alicyclic amines) is 1. The average Bonchev–Trinajstić information content (AvgIpc) is 2.44. The van der Waals surface area contributed by atoms with Gasteiger partial charge in [0.15, 0.2) is 0 Å². The van der Waals surface area contributed by atoms with E-state index in [9.17, 15) is 4.79 Å². The molecule has 0 bridgehead atoms. The van der Waals surface area contributed by atoms with E-state index in [0.29, 0.717) is 25.6 Å². The predicted octanol–water partition coefficient (Wildman–Crippen LogP) is 3.92. The summed E-state index contributed by atoms with van der Waals surface area (Å²) in [5.74, 6) is 1.49. The molecule has 1 aliphatic heterocycles. The number of carbonyl (C=O) groups is 1. The van der Waals surface area contributed by atoms with E-state index < -0.39 is 6.09 Å². The van der Waals surface area contributed by atoms with Crippen LogP contribution in [0, 0.1) is 12.8 Å². The third-order valence-corrected chi connectivity index (χ3v) is 4.75. The SMILES string of the molecule is Cc1c(Br)cccc1OCCC1CCN(C(=O)O)CC1. The van der Waals surface area contributed by atoms with Crippen LogP contribution in [0.1, 0.15) is 24.8 Å². The largest absolute Gasteiger partial charge is 0.493 e. The van der Waals surface area contributed by atoms with Crippen molar-refractivity contribution in [2.24, 2.45) is 5.92 Å². The number of hydrogen-bond acceptors (Lipinski definition) is 2. The van der Waals surface area contributed by atoms with Crippen molar-refractivity contribution >= 4 is 22.0 Å². The van der Waals surface area contributed by atoms with Gasteiger partial charge in [-0.1, -0.05) is 22.0 Å². The van der Waals surface area contributed by atoms with Crippen molar-refractivity contribution in [3.8, 4) is 5.75 Å². The van der Waals surface area contributed by atoms with Crippen LogP contribution in [0.25, 0.3) is 0 Å². The topological polar surface area (TPSA) is 49.8 Å². The minimum Gasteiger partial charge on any atom is -0.493 e. The Morgan fingerprint density at radius 3 is 2.80 bits per heavy atom. The molecule has 0 saturated carbocycles. The van der Waals surface area contributed by atoms with Gasteiger partial charge in [-0.05, 0) is 44.2 Å². The van der Waals surface area contributed by atoms with Gasteiger partial charge >= 0.3 is 6.09 Å². The Labute approximate surface area is 127 Å². The molecule has 1 N–H and O–H groups in total. The molecule has 1 amide bonds. The molecule has 0 atom stereocenters. The van der Waals surface area contributed by atoms with E-state index in [1.165, 1.54) is 4.90 Å². The summed E-state index contributed by atoms with van der Waals surface area (Å²) in [6, 6.07) is 5.95. The lowest BCUT2D eigenvalue weighted by molar-refractivity contribution is 0.119. The zero-order valence-electron chi connectivity index (χ0n) is 11.6. The van der Waals surface area contributed by atoms with Crippen LogP contribution in [-0.2, 0) is 0 Å². The number of benzene rings is 1. The maximum absolute atomic E-state index is 10.8. The molecule has 110 valence electrons. The standard InChI is InChI=1S/C15H20BrNO3/c1-11-13(16)3-2-4-14(11)20-10-7-12-5-8-17(9-6-12)15(18)19/h2-4,12H,5-10H2,1H3,(H,18,19). The van der Waals surface area contributed by atoms with E-state index in [-0.39, 0.29) is 0 Å². The molecule has 0 aromatic heterocycles. The first kappa shape index (κ1) is 15.2. The van der Waals surface area contributed by atoms with Crippen LogP contribution >= 0.6 is 15.9 Å². The van der Waals surface area contributed by atoms with Crippen molar-refractivity contribution in [2.75, 3.05) is 19.7 Å². The quantitative estimate of drug-likeness (QED) is 0.902. The summed E-state index contributed by atoms with van der Waals surface area (Å²) in [4.78, 5) is 12.3. The maximum Gasteiger partial charge on any atom is 0.407 e. The van der Waals surface area contributed by atoms with Gasteiger partial charge in [0.25, 0.3) is 0 Å². The van der Waals surface area contributed by atoms with Crippen molar-refractivity contribution in [3.05, 3.63) is 28.2 Å². The summed E-state index contributed by atoms with van der Waals surface area (Å²) in [6.45, 7) is 4.02. The van der Waals surface area contributed by atoms with Gasteiger partial charge in [-0.15, -0.1) is 0 Å². The molecule has 1 saturated heterocycles. The number of nitrogens with zero attached hydrogens (tertiary/aromatic N) is 1. The number of ether oxygens (including phenoxy) is 1. The molecule has 0 unspecified atom stereocenters. The van der Waals surface area contributed by atoms with Crippen LogP contribution in [0.5, 0.6) is 5.75 Å². The fraction of sp³-hybridized carbons (Fsp3) is 0.533. The maximum atomic E-state index is 10.8. The first-order valence-electron chi connectivity index (χ1n) is 6.93. The van der Waals surface area contributed by atoms with E-state index in [4.69, 9.17) is 9.84 Å². The van der Waals surface area contributed by atoms with Gasteiger partial charge in [-0.2, -0.15) is 0 Å². The summed E-state index contributed by atoms with van der Waals surface area (Å²) in [6.07, 6.45) is 2.06. The summed E-state index contributed by atoms with van der Waals surface area (Å²) in [5, 5.41) is 8.90. The molecule has 0 aliphatic carbocycles. The smallest absolute Gasteiger partial charge is 0.407 e. The Morgan fingerprint density at radius 2 is 2.15 bits per heavy atom. The van der Waals surface area contributed by atoms with Crippen LogP contribution in [-0.4, -0.2) is 35.8 Å². The minimum atomic E-state index is -0.801. The highest BCUT2D eigenvalue weighted by Crippen LogP contribution is 2.26. The number of piperidine rings is 1. The Bertz CT molecular complexity index is 470. The van der Waals surface area contributed by atoms with E-state index >= 15 is 0 Å². The lowest BCUT2D eigenvalue weighted by Gasteiger charge is -2.29. The van der Waals surface area contributed by atoms with Gasteiger partial charge in [0.2, 0.25) is 0 Å². The van der Waals surface area contributed by atoms with Crippen LogP contribution in [0.15, 0.2) is 22.7 Å². The highest BCUT2D eigenvalue weighted by atomic mass is 79.9. The summed E-state index contributed by atoms with van der Waals surface area (Å²) in [7, 11) is 0. The van der Waals surface area contributed by atoms with E-state index in [0.717, 1.165) is 35.0 Å². The van der Waals surface area contributed by atoms with Gasteiger partial charge in [0.05, 0.1) is 6.61 Å². The molecule has 0 spiro atoms. The number of carboxylic acid groups (broad SMARTS) is 1. The van der Waals surface area contributed by atoms with E-state index in [1.54, 1.807) is 0 Å². The fourth-order valence-electron chi connectivity index (χ4n) is 2.49. The van der Waals surface area contributed by atoms with Crippen molar-refractivity contribution < 1.29 is 14.6 Å². The second-order valence-corrected chi connectivity index (χ2v) is 6.07. The molecule has 1 aromatic carbocycles. The van der Waals surface area contributed by atoms with Crippen LogP contribution in [0.2, 0.25) is 0 Å². The summed E-state index contributed by atoms with van der Waals surface area (Å²) >= 11 is 3.49. The zero-order chi connectivity index (χ0) is 14.5. The van der Waals surface area contributed by atoms with Gasteiger partial charge in [0.1, 0.15) is 5.75 Å². The first-order valence-corrected chi connectivity index (χ1v) is 7.73. The second kappa shape index (κ2) is 6.97. The Balaban J connectivity index is 1.74. The van der Waals surface area contributed by atoms with Gasteiger partial charge in [-0.3, -0.25) is 0 Å². The molecule has 5 heteroatoms. The van der Waals surface area contributed by atoms with Gasteiger partial charge in [-0.25, -0.2) is 4.79 Å². The lowest BCUT2D eigenvalue weighted by Crippen LogP contribution is -2.37. The molecular weight excluding hydrogens is 322 g/mol. The van der Waals surface area contributed by atoms with Gasteiger partial charge in [0, 0.05) is 23.1 Å². The van der Waals surface area contributed by atoms with E-state index in [2.05, 4.69) is 15.9 Å². The first-order chi connectivity index (χ1) is 9.58. The van der Waals surface area contributed by atoms with E-state index in [1.807, 2.05) is 25.1 Å². The third-order valence-electron chi connectivity index (χ3n) is 3.89. The summed E-state index contributed by atoms with van der Waals surface area (Å²) in [5.41, 5.74) is 1.12. The highest BCUT2D eigenvalue weighted by molar-refractivity contribution is 9.10.